The smallest absolute Gasteiger partial charge is 0.321 e. The minimum atomic E-state index is -1.10. The zero-order valence-corrected chi connectivity index (χ0v) is 82.3. The molecule has 4 rings (SSSR count). The minimum absolute atomic E-state index is 0.00641. The number of hydrogen-bond donors (Lipinski definition) is 10. The van der Waals surface area contributed by atoms with Crippen LogP contribution >= 0.6 is 23.5 Å². The van der Waals surface area contributed by atoms with Crippen molar-refractivity contribution in [1.29, 1.82) is 0 Å². The number of carboxylic acids is 5. The van der Waals surface area contributed by atoms with E-state index in [0.29, 0.717) is 121 Å². The lowest BCUT2D eigenvalue weighted by atomic mass is 9.96. The van der Waals surface area contributed by atoms with Crippen LogP contribution in [0.3, 0.4) is 0 Å². The lowest BCUT2D eigenvalue weighted by Crippen LogP contribution is -2.52. The van der Waals surface area contributed by atoms with E-state index in [9.17, 15) is 112 Å². The highest BCUT2D eigenvalue weighted by atomic mass is 32.2. The molecule has 0 aliphatic carbocycles. The first kappa shape index (κ1) is 123. The number of nitrogens with zero attached hydrogens (tertiary/aromatic N) is 6. The molecule has 3 fully saturated rings. The Kier molecular flexibility index (Phi) is 67.2. The Morgan fingerprint density at radius 3 is 1.18 bits per heavy atom. The third kappa shape index (κ3) is 59.3. The number of ether oxygens (including phenoxy) is 8. The molecule has 5 unspecified atom stereocenters. The summed E-state index contributed by atoms with van der Waals surface area (Å²) in [7, 11) is 1.54. The lowest BCUT2D eigenvalue weighted by molar-refractivity contribution is -0.144. The number of benzene rings is 1. The molecule has 0 aromatic heterocycles. The molecular formula is C93H149N11O32S2. The third-order valence-corrected chi connectivity index (χ3v) is 24.4. The van der Waals surface area contributed by atoms with Gasteiger partial charge in [-0.25, -0.2) is 0 Å². The Balaban J connectivity index is 0.000000729. The fourth-order valence-corrected chi connectivity index (χ4v) is 15.7. The second-order valence-corrected chi connectivity index (χ2v) is 35.5. The van der Waals surface area contributed by atoms with Gasteiger partial charge in [0.1, 0.15) is 41.5 Å². The highest BCUT2D eigenvalue weighted by molar-refractivity contribution is 8.00. The monoisotopic (exact) mass is 2000 g/mol. The van der Waals surface area contributed by atoms with Crippen molar-refractivity contribution in [3.8, 4) is 5.75 Å². The highest BCUT2D eigenvalue weighted by Crippen LogP contribution is 2.26. The number of rotatable bonds is 79. The van der Waals surface area contributed by atoms with Crippen LogP contribution in [0, 0.1) is 5.92 Å². The summed E-state index contributed by atoms with van der Waals surface area (Å²) in [6.45, 7) is 7.33. The van der Waals surface area contributed by atoms with Crippen molar-refractivity contribution in [2.75, 3.05) is 223 Å². The maximum absolute atomic E-state index is 13.1. The number of carbonyl (C=O) groups is 19. The quantitative estimate of drug-likeness (QED) is 0.0331. The topological polar surface area (TPSA) is 579 Å². The molecule has 45 heteroatoms. The summed E-state index contributed by atoms with van der Waals surface area (Å²) in [5.74, 6) is -7.05. The van der Waals surface area contributed by atoms with Crippen molar-refractivity contribution in [3.05, 3.63) is 29.8 Å². The van der Waals surface area contributed by atoms with Crippen LogP contribution in [0.4, 0.5) is 0 Å². The summed E-state index contributed by atoms with van der Waals surface area (Å²) in [4.78, 5) is 238. The largest absolute Gasteiger partial charge is 0.491 e. The van der Waals surface area contributed by atoms with E-state index < -0.39 is 41.9 Å². The molecule has 0 bridgehead atoms. The van der Waals surface area contributed by atoms with Crippen LogP contribution in [0.25, 0.3) is 0 Å². The number of likely N-dealkylation sites (tertiary alicyclic amines) is 2. The second-order valence-electron chi connectivity index (χ2n) is 33.5. The number of thioether (sulfide) groups is 2. The summed E-state index contributed by atoms with van der Waals surface area (Å²) in [6, 6.07) is 5.15. The zero-order valence-electron chi connectivity index (χ0n) is 80.7. The molecule has 1 aromatic carbocycles. The van der Waals surface area contributed by atoms with Gasteiger partial charge in [0.25, 0.3) is 0 Å². The third-order valence-electron chi connectivity index (χ3n) is 22.5. The SMILES string of the molecule is CC(CCCCNC(=O)CCOCCOc1ccc(CC(C(=O)O)N2CCN(CC(=O)O)CCN(CC(=O)O)CCN(CC(=O)O)CC2)cc1)C(=O)CCCOCCC(=O)NCCOCCC(=O)CCCOCCC(=O)O.CNC(=O)CCOCCCC(=O)C(CCCCNC(=O)CCOCCCC(=O)CCN1C(=O)CC(SC)C1=O)NC(=O)CCOCCCC(=O)CCN1C(=O)CC(SC)C1=O. The summed E-state index contributed by atoms with van der Waals surface area (Å²) in [5.41, 5.74) is 0.700. The van der Waals surface area contributed by atoms with Gasteiger partial charge in [0, 0.05) is 227 Å². The maximum Gasteiger partial charge on any atom is 0.321 e. The number of unbranched alkanes of at least 4 members (excludes halogenated alkanes) is 2. The molecule has 0 saturated carbocycles. The Bertz CT molecular complexity index is 3880. The molecule has 138 heavy (non-hydrogen) atoms. The van der Waals surface area contributed by atoms with Gasteiger partial charge < -0.3 is 90.0 Å². The van der Waals surface area contributed by atoms with Gasteiger partial charge in [0.05, 0.1) is 102 Å². The Morgan fingerprint density at radius 2 is 0.761 bits per heavy atom. The number of nitrogens with one attached hydrogen (secondary N) is 5. The first-order valence-corrected chi connectivity index (χ1v) is 50.2. The average Bonchev–Trinajstić information content (AvgIpc) is 1.64. The predicted octanol–water partition coefficient (Wildman–Crippen LogP) is 2.52. The van der Waals surface area contributed by atoms with E-state index in [0.717, 1.165) is 22.6 Å². The van der Waals surface area contributed by atoms with Crippen molar-refractivity contribution in [1.82, 2.24) is 56.0 Å². The maximum atomic E-state index is 13.1. The minimum Gasteiger partial charge on any atom is -0.491 e. The van der Waals surface area contributed by atoms with Gasteiger partial charge in [-0.2, -0.15) is 23.5 Å². The average molecular weight is 2000 g/mol. The van der Waals surface area contributed by atoms with E-state index in [4.69, 9.17) is 43.0 Å². The van der Waals surface area contributed by atoms with Crippen LogP contribution in [0.2, 0.25) is 0 Å². The van der Waals surface area contributed by atoms with Crippen molar-refractivity contribution >= 4 is 135 Å². The summed E-state index contributed by atoms with van der Waals surface area (Å²) in [5, 5.41) is 60.4. The molecule has 5 atom stereocenters. The van der Waals surface area contributed by atoms with E-state index in [-0.39, 0.29) is 359 Å². The number of amides is 9. The molecular weight excluding hydrogens is 1850 g/mol. The standard InChI is InChI=1S/C52H84N6O19.C41H65N5O13S2/c1-40(45(60)8-5-28-73-30-14-47(62)54-18-33-75-29-13-42(59)7-4-27-74-32-16-48(63)64)6-2-3-17-53-46(61)15-31-76-34-35-77-43-11-9-41(10-12-43)36-44(52(71)72)58-25-23-56(38-50(67)68)21-19-55(37-49(65)66)20-22-57(24-26-58)39-51(69)70;1-42-35(50)15-24-59-23-8-12-32(49)31(44-37(52)17-26-58-22-7-10-30(48)14-20-46-39(54)28-34(61-3)41(46)56)11-4-5-18-43-36(51)16-25-57-21-6-9-29(47)13-19-45-38(53)27-33(60-2)40(45)55/h9-12,40,44H,2-8,13-39H2,1H3,(H,53,61)(H,54,62)(H,63,64)(H,65,66)(H,67,68)(H,69,70)(H,71,72);31,33-34H,4-28H2,1-3H3,(H,42,50)(H,43,51)(H,44,52). The van der Waals surface area contributed by atoms with Crippen molar-refractivity contribution in [2.45, 2.75) is 209 Å². The van der Waals surface area contributed by atoms with Gasteiger partial charge in [-0.3, -0.25) is 120 Å². The van der Waals surface area contributed by atoms with Crippen molar-refractivity contribution in [3.63, 3.8) is 0 Å². The molecule has 3 aliphatic rings. The van der Waals surface area contributed by atoms with Crippen LogP contribution < -0.4 is 31.3 Å². The Hall–Kier alpha value is -9.39. The van der Waals surface area contributed by atoms with Crippen LogP contribution in [-0.4, -0.2) is 413 Å². The number of hydrogen-bond acceptors (Lipinski definition) is 33. The summed E-state index contributed by atoms with van der Waals surface area (Å²) < 4.78 is 43.9. The highest BCUT2D eigenvalue weighted by Gasteiger charge is 2.40. The molecule has 3 heterocycles. The molecule has 780 valence electrons. The molecule has 3 aliphatic heterocycles. The van der Waals surface area contributed by atoms with Gasteiger partial charge in [-0.15, -0.1) is 0 Å². The summed E-state index contributed by atoms with van der Waals surface area (Å²) in [6.07, 6.45) is 12.4. The Morgan fingerprint density at radius 1 is 0.384 bits per heavy atom. The number of imide groups is 2. The van der Waals surface area contributed by atoms with Crippen LogP contribution in [0.5, 0.6) is 5.75 Å². The normalized spacial score (nSPS) is 15.9. The van der Waals surface area contributed by atoms with Crippen LogP contribution in [0.1, 0.15) is 186 Å². The van der Waals surface area contributed by atoms with Crippen LogP contribution in [0.15, 0.2) is 24.3 Å². The van der Waals surface area contributed by atoms with Gasteiger partial charge in [-0.05, 0) is 101 Å². The van der Waals surface area contributed by atoms with Gasteiger partial charge in [0.15, 0.2) is 5.78 Å². The van der Waals surface area contributed by atoms with Crippen molar-refractivity contribution in [2.24, 2.45) is 5.92 Å². The van der Waals surface area contributed by atoms with E-state index in [2.05, 4.69) is 26.6 Å². The lowest BCUT2D eigenvalue weighted by Gasteiger charge is -2.35. The summed E-state index contributed by atoms with van der Waals surface area (Å²) >= 11 is 2.65. The van der Waals surface area contributed by atoms with Crippen LogP contribution in [-0.2, 0) is 131 Å². The number of carboxylic acid groups (broad SMARTS) is 5. The van der Waals surface area contributed by atoms with E-state index in [1.54, 1.807) is 56.4 Å². The molecule has 10 N–H and O–H groups in total. The predicted molar refractivity (Wildman–Crippen MR) is 506 cm³/mol. The number of carbonyl (C=O) groups excluding carboxylic acids is 14. The van der Waals surface area contributed by atoms with Gasteiger partial charge in [0.2, 0.25) is 53.2 Å². The molecule has 9 amide bonds. The number of Topliss-reactive ketones (excluding diaryl/α,β-unsaturated/α-hetero) is 5. The van der Waals surface area contributed by atoms with Crippen molar-refractivity contribution < 1.29 is 155 Å². The fraction of sp³-hybridized carbons (Fsp3) is 0.731. The molecule has 0 radical (unpaired) electrons. The van der Waals surface area contributed by atoms with Gasteiger partial charge in [-0.1, -0.05) is 25.5 Å². The van der Waals surface area contributed by atoms with E-state index >= 15 is 0 Å². The molecule has 0 spiro atoms. The first-order chi connectivity index (χ1) is 66.2. The molecule has 43 nitrogen and oxygen atoms in total. The fourth-order valence-electron chi connectivity index (χ4n) is 14.5. The molecule has 1 aromatic rings. The zero-order chi connectivity index (χ0) is 102. The van der Waals surface area contributed by atoms with E-state index in [1.807, 2.05) is 6.92 Å². The number of ketones is 5. The Labute approximate surface area is 816 Å². The first-order valence-electron chi connectivity index (χ1n) is 47.6. The van der Waals surface area contributed by atoms with Gasteiger partial charge >= 0.3 is 29.8 Å². The second kappa shape index (κ2) is 75.5. The van der Waals surface area contributed by atoms with E-state index in [1.165, 1.54) is 30.6 Å². The molecule has 3 saturated heterocycles. The number of aliphatic carboxylic acids is 5.